The number of hydrogen-bond donors (Lipinski definition) is 8. The first-order valence-corrected chi connectivity index (χ1v) is 15.7. The number of benzene rings is 1. The van der Waals surface area contributed by atoms with Gasteiger partial charge in [0, 0.05) is 6.42 Å². The van der Waals surface area contributed by atoms with Crippen LogP contribution in [0.3, 0.4) is 0 Å². The van der Waals surface area contributed by atoms with Crippen molar-refractivity contribution in [1.82, 2.24) is 26.4 Å². The molecular formula is C30H41N5O14S. The number of hydrogen-bond acceptors (Lipinski definition) is 12. The van der Waals surface area contributed by atoms with Gasteiger partial charge in [-0.2, -0.15) is 12.6 Å². The molecule has 20 heteroatoms. The summed E-state index contributed by atoms with van der Waals surface area (Å²) >= 11 is 4.01. The standard InChI is InChI=1S/C30H41N5O14S/c1-4-48-24(42)13-20(50)29(46)35(14-23(40)41)34-28(45)25(16(2)3)33-26(43)18(10-11-21(36)37)31-27(44)19(12-22(38)39)32-30(47)49-15-17-8-6-5-7-9-17/h5-9,16,18-20,25,50H,4,10-15H2,1-3H3,(H,31,44)(H,32,47)(H,33,43)(H,34,45)(H,36,37)(H,38,39)(H,40,41)/t18-,19-,20+,25-/m0/s1. The molecular weight excluding hydrogens is 686 g/mol. The molecule has 5 amide bonds. The highest BCUT2D eigenvalue weighted by Crippen LogP contribution is 2.10. The normalized spacial score (nSPS) is 13.0. The van der Waals surface area contributed by atoms with Crippen LogP contribution in [0.15, 0.2) is 30.3 Å². The fourth-order valence-corrected chi connectivity index (χ4v) is 4.33. The number of thiol groups is 1. The summed E-state index contributed by atoms with van der Waals surface area (Å²) in [6.07, 6.45) is -3.88. The van der Waals surface area contributed by atoms with Crippen molar-refractivity contribution in [3.05, 3.63) is 35.9 Å². The molecule has 0 aliphatic rings. The molecule has 19 nitrogen and oxygen atoms in total. The number of carbonyl (C=O) groups is 9. The largest absolute Gasteiger partial charge is 0.481 e. The number of alkyl carbamates (subject to hydrolysis) is 1. The lowest BCUT2D eigenvalue weighted by Gasteiger charge is -2.29. The number of nitrogens with zero attached hydrogens (tertiary/aromatic N) is 1. The molecule has 0 spiro atoms. The third-order valence-electron chi connectivity index (χ3n) is 6.48. The van der Waals surface area contributed by atoms with E-state index in [1.165, 1.54) is 20.8 Å². The number of carboxylic acid groups (broad SMARTS) is 3. The van der Waals surface area contributed by atoms with Crippen molar-refractivity contribution in [3.63, 3.8) is 0 Å². The summed E-state index contributed by atoms with van der Waals surface area (Å²) in [5.74, 6) is -10.5. The zero-order valence-electron chi connectivity index (χ0n) is 27.5. The van der Waals surface area contributed by atoms with Crippen LogP contribution >= 0.6 is 12.6 Å². The van der Waals surface area contributed by atoms with Crippen LogP contribution in [-0.4, -0.2) is 110 Å². The molecule has 7 N–H and O–H groups in total. The second kappa shape index (κ2) is 21.5. The Morgan fingerprint density at radius 1 is 0.780 bits per heavy atom. The predicted molar refractivity (Wildman–Crippen MR) is 173 cm³/mol. The molecule has 0 fully saturated rings. The molecule has 0 unspecified atom stereocenters. The zero-order valence-corrected chi connectivity index (χ0v) is 28.3. The fourth-order valence-electron chi connectivity index (χ4n) is 4.04. The predicted octanol–water partition coefficient (Wildman–Crippen LogP) is -0.557. The minimum absolute atomic E-state index is 0.00476. The molecule has 0 bridgehead atoms. The number of carboxylic acids is 3. The Hall–Kier alpha value is -5.40. The minimum Gasteiger partial charge on any atom is -0.481 e. The van der Waals surface area contributed by atoms with Gasteiger partial charge in [-0.1, -0.05) is 44.2 Å². The first kappa shape index (κ1) is 42.6. The fraction of sp³-hybridized carbons (Fsp3) is 0.500. The van der Waals surface area contributed by atoms with Crippen molar-refractivity contribution in [1.29, 1.82) is 0 Å². The molecule has 1 aromatic carbocycles. The van der Waals surface area contributed by atoms with E-state index in [1.54, 1.807) is 30.3 Å². The SMILES string of the molecule is CCOC(=O)C[C@@H](S)C(=O)N(CC(=O)O)NC(=O)[C@@H](NC(=O)[C@H](CCC(=O)O)NC(=O)[C@H](CC(=O)O)NC(=O)OCc1ccccc1)C(C)C. The quantitative estimate of drug-likeness (QED) is 0.0475. The highest BCUT2D eigenvalue weighted by molar-refractivity contribution is 7.81. The number of ether oxygens (including phenoxy) is 2. The van der Waals surface area contributed by atoms with E-state index in [0.717, 1.165) is 0 Å². The zero-order chi connectivity index (χ0) is 38.0. The Bertz CT molecular complexity index is 1390. The van der Waals surface area contributed by atoms with Crippen molar-refractivity contribution in [2.75, 3.05) is 13.2 Å². The third-order valence-corrected chi connectivity index (χ3v) is 6.89. The molecule has 0 saturated heterocycles. The van der Waals surface area contributed by atoms with Crippen LogP contribution < -0.4 is 21.4 Å². The van der Waals surface area contributed by atoms with Crippen LogP contribution in [0.1, 0.15) is 52.0 Å². The average molecular weight is 728 g/mol. The second-order valence-electron chi connectivity index (χ2n) is 10.9. The van der Waals surface area contributed by atoms with Gasteiger partial charge in [0.1, 0.15) is 31.3 Å². The third kappa shape index (κ3) is 16.1. The first-order chi connectivity index (χ1) is 23.4. The topological polar surface area (TPSA) is 284 Å². The van der Waals surface area contributed by atoms with E-state index < -0.39 is 115 Å². The van der Waals surface area contributed by atoms with Gasteiger partial charge in [0.05, 0.1) is 24.7 Å². The average Bonchev–Trinajstić information content (AvgIpc) is 3.03. The number of amides is 5. The number of rotatable bonds is 20. The lowest BCUT2D eigenvalue weighted by atomic mass is 10.0. The summed E-state index contributed by atoms with van der Waals surface area (Å²) in [7, 11) is 0. The maximum atomic E-state index is 13.4. The highest BCUT2D eigenvalue weighted by atomic mass is 32.1. The van der Waals surface area contributed by atoms with Crippen LogP contribution in [0, 0.1) is 5.92 Å². The minimum atomic E-state index is -1.78. The Balaban J connectivity index is 3.15. The molecule has 0 aliphatic carbocycles. The molecule has 0 radical (unpaired) electrons. The van der Waals surface area contributed by atoms with E-state index in [1.807, 2.05) is 0 Å². The number of aliphatic carboxylic acids is 3. The second-order valence-corrected chi connectivity index (χ2v) is 11.5. The van der Waals surface area contributed by atoms with Gasteiger partial charge in [0.2, 0.25) is 11.8 Å². The van der Waals surface area contributed by atoms with Crippen LogP contribution in [0.25, 0.3) is 0 Å². The highest BCUT2D eigenvalue weighted by Gasteiger charge is 2.34. The van der Waals surface area contributed by atoms with E-state index in [0.29, 0.717) is 10.6 Å². The van der Waals surface area contributed by atoms with Gasteiger partial charge in [-0.15, -0.1) is 0 Å². The van der Waals surface area contributed by atoms with Crippen LogP contribution in [-0.2, 0) is 54.4 Å². The van der Waals surface area contributed by atoms with Gasteiger partial charge in [0.25, 0.3) is 11.8 Å². The monoisotopic (exact) mass is 727 g/mol. The molecule has 1 rings (SSSR count). The molecule has 0 saturated carbocycles. The number of hydrazine groups is 1. The van der Waals surface area contributed by atoms with E-state index in [-0.39, 0.29) is 13.2 Å². The van der Waals surface area contributed by atoms with Gasteiger partial charge in [0.15, 0.2) is 0 Å². The molecule has 0 heterocycles. The van der Waals surface area contributed by atoms with Gasteiger partial charge in [-0.05, 0) is 24.8 Å². The van der Waals surface area contributed by atoms with Gasteiger partial charge < -0.3 is 40.7 Å². The van der Waals surface area contributed by atoms with Crippen molar-refractivity contribution < 1.29 is 67.9 Å². The molecule has 0 aromatic heterocycles. The molecule has 1 aromatic rings. The summed E-state index contributed by atoms with van der Waals surface area (Å²) in [6.45, 7) is 3.18. The van der Waals surface area contributed by atoms with Crippen molar-refractivity contribution in [2.24, 2.45) is 5.92 Å². The first-order valence-electron chi connectivity index (χ1n) is 15.1. The summed E-state index contributed by atoms with van der Waals surface area (Å²) in [5.41, 5.74) is 2.67. The van der Waals surface area contributed by atoms with E-state index in [2.05, 4.69) is 34.0 Å². The van der Waals surface area contributed by atoms with Crippen LogP contribution in [0.5, 0.6) is 0 Å². The van der Waals surface area contributed by atoms with Crippen molar-refractivity contribution in [3.8, 4) is 0 Å². The van der Waals surface area contributed by atoms with Crippen LogP contribution in [0.2, 0.25) is 0 Å². The van der Waals surface area contributed by atoms with E-state index in [9.17, 15) is 58.5 Å². The molecule has 4 atom stereocenters. The van der Waals surface area contributed by atoms with Crippen molar-refractivity contribution >= 4 is 66.2 Å². The number of nitrogens with one attached hydrogen (secondary N) is 4. The Morgan fingerprint density at radius 2 is 1.40 bits per heavy atom. The molecule has 276 valence electrons. The number of carbonyl (C=O) groups excluding carboxylic acids is 6. The van der Waals surface area contributed by atoms with Crippen molar-refractivity contribution in [2.45, 2.75) is 76.4 Å². The van der Waals surface area contributed by atoms with E-state index >= 15 is 0 Å². The Kier molecular flexibility index (Phi) is 18.4. The Morgan fingerprint density at radius 3 is 1.94 bits per heavy atom. The maximum Gasteiger partial charge on any atom is 0.408 e. The smallest absolute Gasteiger partial charge is 0.408 e. The van der Waals surface area contributed by atoms with E-state index in [4.69, 9.17) is 9.47 Å². The Labute approximate surface area is 291 Å². The summed E-state index contributed by atoms with van der Waals surface area (Å²) < 4.78 is 9.78. The summed E-state index contributed by atoms with van der Waals surface area (Å²) in [5, 5.41) is 33.4. The molecule has 0 aliphatic heterocycles. The van der Waals surface area contributed by atoms with Gasteiger partial charge in [-0.3, -0.25) is 43.8 Å². The molecule has 50 heavy (non-hydrogen) atoms. The lowest BCUT2D eigenvalue weighted by molar-refractivity contribution is -0.152. The van der Waals surface area contributed by atoms with Gasteiger partial charge >= 0.3 is 30.0 Å². The number of esters is 1. The maximum absolute atomic E-state index is 13.4. The summed E-state index contributed by atoms with van der Waals surface area (Å²) in [4.78, 5) is 111. The summed E-state index contributed by atoms with van der Waals surface area (Å²) in [6, 6.07) is 3.42. The van der Waals surface area contributed by atoms with Gasteiger partial charge in [-0.25, -0.2) is 9.80 Å². The lowest BCUT2D eigenvalue weighted by Crippen LogP contribution is -2.61. The van der Waals surface area contributed by atoms with Crippen LogP contribution in [0.4, 0.5) is 4.79 Å².